The van der Waals surface area contributed by atoms with Gasteiger partial charge in [-0.15, -0.1) is 0 Å². The minimum atomic E-state index is -0.484. The highest BCUT2D eigenvalue weighted by Gasteiger charge is 2.29. The van der Waals surface area contributed by atoms with E-state index in [1.54, 1.807) is 24.3 Å². The molecule has 8 heteroatoms. The Labute approximate surface area is 198 Å². The number of hydrogen-bond donors (Lipinski definition) is 2. The second-order valence-electron chi connectivity index (χ2n) is 8.73. The second kappa shape index (κ2) is 10.4. The van der Waals surface area contributed by atoms with E-state index in [0.29, 0.717) is 48.2 Å². The van der Waals surface area contributed by atoms with Gasteiger partial charge in [-0.25, -0.2) is 9.87 Å². The number of unbranched alkanes of at least 4 members (excludes halogenated alkanes) is 2. The third kappa shape index (κ3) is 5.58. The van der Waals surface area contributed by atoms with E-state index < -0.39 is 11.7 Å². The molecule has 4 rings (SSSR count). The number of carbonyl (C=O) groups excluding carboxylic acids is 1. The van der Waals surface area contributed by atoms with Crippen molar-refractivity contribution in [1.82, 2.24) is 5.48 Å². The summed E-state index contributed by atoms with van der Waals surface area (Å²) in [5, 5.41) is 12.5. The Morgan fingerprint density at radius 2 is 2.15 bits per heavy atom. The molecule has 33 heavy (non-hydrogen) atoms. The Hall–Kier alpha value is -2.82. The maximum atomic E-state index is 15.8. The number of anilines is 3. The standard InChI is InChI=1S/C25H28ClFN4O2/c1-16-13-18(26)7-8-21(16)29-24-20(25(32)30-33-15-17-5-6-17)14-22-19(23(24)27)9-12-31(22)11-4-2-3-10-28/h7-8,13-14,17,29H,2-6,9,11-12,15H2,1H3,(H,30,32). The molecule has 2 N–H and O–H groups in total. The molecule has 0 atom stereocenters. The molecule has 0 spiro atoms. The third-order valence-corrected chi connectivity index (χ3v) is 6.39. The fraction of sp³-hybridized carbons (Fsp3) is 0.440. The van der Waals surface area contributed by atoms with Crippen LogP contribution in [0, 0.1) is 30.0 Å². The van der Waals surface area contributed by atoms with Gasteiger partial charge in [0.05, 0.1) is 23.9 Å². The summed E-state index contributed by atoms with van der Waals surface area (Å²) in [5.74, 6) is -0.420. The van der Waals surface area contributed by atoms with Crippen molar-refractivity contribution in [1.29, 1.82) is 5.26 Å². The van der Waals surface area contributed by atoms with Crippen molar-refractivity contribution >= 4 is 34.6 Å². The first-order valence-electron chi connectivity index (χ1n) is 11.4. The highest BCUT2D eigenvalue weighted by molar-refractivity contribution is 6.30. The van der Waals surface area contributed by atoms with Crippen LogP contribution in [0.5, 0.6) is 0 Å². The van der Waals surface area contributed by atoms with Crippen molar-refractivity contribution in [3.63, 3.8) is 0 Å². The third-order valence-electron chi connectivity index (χ3n) is 6.16. The van der Waals surface area contributed by atoms with Crippen molar-refractivity contribution in [2.24, 2.45) is 5.92 Å². The summed E-state index contributed by atoms with van der Waals surface area (Å²) in [6.07, 6.45) is 4.91. The number of aryl methyl sites for hydroxylation is 1. The molecular formula is C25H28ClFN4O2. The summed E-state index contributed by atoms with van der Waals surface area (Å²) in [5.41, 5.74) is 5.68. The van der Waals surface area contributed by atoms with Crippen LogP contribution in [0.3, 0.4) is 0 Å². The van der Waals surface area contributed by atoms with Crippen molar-refractivity contribution < 1.29 is 14.0 Å². The molecule has 0 bridgehead atoms. The van der Waals surface area contributed by atoms with Gasteiger partial charge < -0.3 is 10.2 Å². The number of amides is 1. The monoisotopic (exact) mass is 470 g/mol. The molecule has 1 aliphatic heterocycles. The Morgan fingerprint density at radius 1 is 1.33 bits per heavy atom. The molecule has 1 aliphatic carbocycles. The van der Waals surface area contributed by atoms with Crippen LogP contribution < -0.4 is 15.7 Å². The van der Waals surface area contributed by atoms with Gasteiger partial charge in [0.15, 0.2) is 5.82 Å². The topological polar surface area (TPSA) is 77.4 Å². The first kappa shape index (κ1) is 23.3. The summed E-state index contributed by atoms with van der Waals surface area (Å²) in [6.45, 7) is 3.74. The zero-order valence-corrected chi connectivity index (χ0v) is 19.5. The van der Waals surface area contributed by atoms with E-state index in [1.165, 1.54) is 0 Å². The van der Waals surface area contributed by atoms with Gasteiger partial charge in [-0.1, -0.05) is 11.6 Å². The first-order valence-corrected chi connectivity index (χ1v) is 11.8. The number of fused-ring (bicyclic) bond motifs is 1. The molecule has 6 nitrogen and oxygen atoms in total. The molecule has 1 fully saturated rings. The SMILES string of the molecule is Cc1cc(Cl)ccc1Nc1c(C(=O)NOCC2CC2)cc2c(c1F)CCN2CCCCC#N. The number of carbonyl (C=O) groups is 1. The van der Waals surface area contributed by atoms with Crippen LogP contribution >= 0.6 is 11.6 Å². The number of hydrogen-bond acceptors (Lipinski definition) is 5. The Balaban J connectivity index is 1.63. The van der Waals surface area contributed by atoms with E-state index in [-0.39, 0.29) is 11.3 Å². The Kier molecular flexibility index (Phi) is 7.36. The van der Waals surface area contributed by atoms with Crippen LogP contribution in [0.25, 0.3) is 0 Å². The number of nitriles is 1. The van der Waals surface area contributed by atoms with Crippen LogP contribution in [-0.2, 0) is 11.3 Å². The number of halogens is 2. The fourth-order valence-electron chi connectivity index (χ4n) is 4.07. The Bertz CT molecular complexity index is 1080. The molecule has 0 saturated heterocycles. The molecule has 2 aromatic rings. The predicted octanol–water partition coefficient (Wildman–Crippen LogP) is 5.66. The maximum absolute atomic E-state index is 15.8. The lowest BCUT2D eigenvalue weighted by Gasteiger charge is -2.22. The van der Waals surface area contributed by atoms with E-state index in [2.05, 4.69) is 21.8 Å². The van der Waals surface area contributed by atoms with Crippen molar-refractivity contribution in [3.05, 3.63) is 51.8 Å². The molecular weight excluding hydrogens is 443 g/mol. The highest BCUT2D eigenvalue weighted by atomic mass is 35.5. The average molecular weight is 471 g/mol. The van der Waals surface area contributed by atoms with Gasteiger partial charge in [0, 0.05) is 41.5 Å². The minimum absolute atomic E-state index is 0.137. The van der Waals surface area contributed by atoms with Crippen LogP contribution in [0.1, 0.15) is 53.6 Å². The molecule has 1 amide bonds. The van der Waals surface area contributed by atoms with Crippen molar-refractivity contribution in [3.8, 4) is 6.07 Å². The fourth-order valence-corrected chi connectivity index (χ4v) is 4.30. The lowest BCUT2D eigenvalue weighted by atomic mass is 10.0. The molecule has 2 aliphatic rings. The van der Waals surface area contributed by atoms with E-state index in [9.17, 15) is 4.79 Å². The van der Waals surface area contributed by atoms with E-state index in [0.717, 1.165) is 43.5 Å². The number of hydroxylamine groups is 1. The van der Waals surface area contributed by atoms with Gasteiger partial charge in [0.2, 0.25) is 0 Å². The van der Waals surface area contributed by atoms with Crippen molar-refractivity contribution in [2.45, 2.75) is 45.4 Å². The summed E-state index contributed by atoms with van der Waals surface area (Å²) < 4.78 is 15.8. The highest BCUT2D eigenvalue weighted by Crippen LogP contribution is 2.38. The normalized spacial score (nSPS) is 14.7. The first-order chi connectivity index (χ1) is 16.0. The summed E-state index contributed by atoms with van der Waals surface area (Å²) in [7, 11) is 0. The number of nitrogens with one attached hydrogen (secondary N) is 2. The summed E-state index contributed by atoms with van der Waals surface area (Å²) >= 11 is 6.07. The smallest absolute Gasteiger partial charge is 0.277 e. The van der Waals surface area contributed by atoms with Gasteiger partial charge in [0.25, 0.3) is 5.91 Å². The van der Waals surface area contributed by atoms with E-state index in [4.69, 9.17) is 21.7 Å². The quantitative estimate of drug-likeness (QED) is 0.346. The van der Waals surface area contributed by atoms with Gasteiger partial charge >= 0.3 is 0 Å². The molecule has 1 heterocycles. The van der Waals surface area contributed by atoms with E-state index >= 15 is 4.39 Å². The molecule has 174 valence electrons. The zero-order chi connectivity index (χ0) is 23.4. The number of benzene rings is 2. The van der Waals surface area contributed by atoms with Gasteiger partial charge in [-0.05, 0) is 74.8 Å². The zero-order valence-electron chi connectivity index (χ0n) is 18.7. The lowest BCUT2D eigenvalue weighted by molar-refractivity contribution is 0.0271. The van der Waals surface area contributed by atoms with Gasteiger partial charge in [0.1, 0.15) is 0 Å². The molecule has 0 unspecified atom stereocenters. The number of nitrogens with zero attached hydrogens (tertiary/aromatic N) is 2. The summed E-state index contributed by atoms with van der Waals surface area (Å²) in [6, 6.07) is 9.19. The average Bonchev–Trinajstić information content (AvgIpc) is 3.52. The largest absolute Gasteiger partial charge is 0.371 e. The van der Waals surface area contributed by atoms with Crippen LogP contribution in [-0.4, -0.2) is 25.6 Å². The molecule has 0 radical (unpaired) electrons. The lowest BCUT2D eigenvalue weighted by Crippen LogP contribution is -2.27. The molecule has 2 aromatic carbocycles. The second-order valence-corrected chi connectivity index (χ2v) is 9.17. The van der Waals surface area contributed by atoms with Crippen LogP contribution in [0.4, 0.5) is 21.5 Å². The molecule has 0 aromatic heterocycles. The minimum Gasteiger partial charge on any atom is -0.371 e. The Morgan fingerprint density at radius 3 is 2.88 bits per heavy atom. The summed E-state index contributed by atoms with van der Waals surface area (Å²) in [4.78, 5) is 20.5. The van der Waals surface area contributed by atoms with Crippen LogP contribution in [0.2, 0.25) is 5.02 Å². The number of rotatable bonds is 10. The van der Waals surface area contributed by atoms with Crippen molar-refractivity contribution in [2.75, 3.05) is 29.9 Å². The molecule has 1 saturated carbocycles. The predicted molar refractivity (Wildman–Crippen MR) is 127 cm³/mol. The van der Waals surface area contributed by atoms with Gasteiger partial charge in [-0.2, -0.15) is 5.26 Å². The van der Waals surface area contributed by atoms with Gasteiger partial charge in [-0.3, -0.25) is 9.63 Å². The van der Waals surface area contributed by atoms with E-state index in [1.807, 2.05) is 6.92 Å². The maximum Gasteiger partial charge on any atom is 0.277 e. The van der Waals surface area contributed by atoms with Crippen LogP contribution in [0.15, 0.2) is 24.3 Å².